The van der Waals surface area contributed by atoms with E-state index in [1.807, 2.05) is 18.2 Å². The normalized spacial score (nSPS) is 12.3. The Hall–Kier alpha value is -2.93. The standard InChI is InChI=1S/C19H21N3O4/c1-3-26-19(25)16-10-13-14(11-22(2)18(24)17(13)21-16)12(7-9-23)15-6-4-5-8-20-15/h4-6,8,10-12,21,23H,3,7,9H2,1-2H3. The Morgan fingerprint density at radius 2 is 2.23 bits per heavy atom. The Morgan fingerprint density at radius 1 is 1.42 bits per heavy atom. The van der Waals surface area contributed by atoms with Crippen molar-refractivity contribution in [1.29, 1.82) is 0 Å². The van der Waals surface area contributed by atoms with Crippen molar-refractivity contribution in [1.82, 2.24) is 14.5 Å². The van der Waals surface area contributed by atoms with Crippen LogP contribution in [0.1, 0.15) is 41.0 Å². The first-order valence-corrected chi connectivity index (χ1v) is 8.48. The molecule has 0 aromatic carbocycles. The number of nitrogens with zero attached hydrogens (tertiary/aromatic N) is 2. The van der Waals surface area contributed by atoms with Gasteiger partial charge in [-0.1, -0.05) is 6.07 Å². The number of carbonyl (C=O) groups excluding carboxylic acids is 1. The van der Waals surface area contributed by atoms with Crippen LogP contribution in [0.4, 0.5) is 0 Å². The molecular weight excluding hydrogens is 334 g/mol. The SMILES string of the molecule is CCOC(=O)c1cc2c(C(CCO)c3ccccn3)cn(C)c(=O)c2[nH]1. The number of H-pyrrole nitrogens is 1. The van der Waals surface area contributed by atoms with Crippen LogP contribution in [-0.4, -0.2) is 38.8 Å². The Bertz CT molecular complexity index is 976. The monoisotopic (exact) mass is 355 g/mol. The van der Waals surface area contributed by atoms with E-state index in [9.17, 15) is 14.7 Å². The van der Waals surface area contributed by atoms with E-state index in [1.165, 1.54) is 4.57 Å². The third-order valence-corrected chi connectivity index (χ3v) is 4.33. The number of aromatic nitrogens is 3. The number of rotatable bonds is 6. The van der Waals surface area contributed by atoms with Gasteiger partial charge in [0.15, 0.2) is 0 Å². The number of nitrogens with one attached hydrogen (secondary N) is 1. The van der Waals surface area contributed by atoms with Crippen molar-refractivity contribution < 1.29 is 14.6 Å². The number of pyridine rings is 2. The van der Waals surface area contributed by atoms with E-state index in [0.29, 0.717) is 17.3 Å². The van der Waals surface area contributed by atoms with Gasteiger partial charge in [0.2, 0.25) is 0 Å². The molecule has 0 fully saturated rings. The highest BCUT2D eigenvalue weighted by Gasteiger charge is 2.22. The molecule has 3 heterocycles. The van der Waals surface area contributed by atoms with Crippen molar-refractivity contribution >= 4 is 16.9 Å². The predicted molar refractivity (Wildman–Crippen MR) is 97.3 cm³/mol. The summed E-state index contributed by atoms with van der Waals surface area (Å²) in [6.45, 7) is 1.95. The number of carbonyl (C=O) groups is 1. The number of ether oxygens (including phenoxy) is 1. The van der Waals surface area contributed by atoms with Crippen LogP contribution in [0, 0.1) is 0 Å². The fourth-order valence-electron chi connectivity index (χ4n) is 3.13. The molecule has 0 amide bonds. The van der Waals surface area contributed by atoms with Crippen LogP contribution in [-0.2, 0) is 11.8 Å². The lowest BCUT2D eigenvalue weighted by Gasteiger charge is -2.17. The maximum atomic E-state index is 12.5. The molecule has 0 aliphatic carbocycles. The van der Waals surface area contributed by atoms with Crippen molar-refractivity contribution in [2.75, 3.05) is 13.2 Å². The zero-order valence-electron chi connectivity index (χ0n) is 14.7. The summed E-state index contributed by atoms with van der Waals surface area (Å²) in [6.07, 6.45) is 3.88. The van der Waals surface area contributed by atoms with E-state index in [4.69, 9.17) is 4.74 Å². The lowest BCUT2D eigenvalue weighted by atomic mass is 9.91. The van der Waals surface area contributed by atoms with Crippen molar-refractivity contribution in [2.45, 2.75) is 19.3 Å². The molecule has 3 aromatic rings. The number of aryl methyl sites for hydroxylation is 1. The van der Waals surface area contributed by atoms with E-state index >= 15 is 0 Å². The van der Waals surface area contributed by atoms with Crippen LogP contribution in [0.2, 0.25) is 0 Å². The molecule has 0 radical (unpaired) electrons. The first-order valence-electron chi connectivity index (χ1n) is 8.48. The largest absolute Gasteiger partial charge is 0.461 e. The maximum Gasteiger partial charge on any atom is 0.354 e. The van der Waals surface area contributed by atoms with Crippen LogP contribution in [0.15, 0.2) is 41.5 Å². The van der Waals surface area contributed by atoms with Gasteiger partial charge in [-0.15, -0.1) is 0 Å². The summed E-state index contributed by atoms with van der Waals surface area (Å²) < 4.78 is 6.50. The molecule has 1 atom stereocenters. The Kier molecular flexibility index (Phi) is 5.18. The topological polar surface area (TPSA) is 97.2 Å². The highest BCUT2D eigenvalue weighted by Crippen LogP contribution is 2.31. The molecule has 0 aliphatic heterocycles. The summed E-state index contributed by atoms with van der Waals surface area (Å²) >= 11 is 0. The summed E-state index contributed by atoms with van der Waals surface area (Å²) in [5, 5.41) is 10.2. The molecule has 0 spiro atoms. The third kappa shape index (κ3) is 3.25. The summed E-state index contributed by atoms with van der Waals surface area (Å²) in [5.74, 6) is -0.713. The third-order valence-electron chi connectivity index (χ3n) is 4.33. The van der Waals surface area contributed by atoms with Gasteiger partial charge in [0.25, 0.3) is 5.56 Å². The number of hydrogen-bond donors (Lipinski definition) is 2. The summed E-state index contributed by atoms with van der Waals surface area (Å²) in [4.78, 5) is 31.9. The molecule has 26 heavy (non-hydrogen) atoms. The average molecular weight is 355 g/mol. The van der Waals surface area contributed by atoms with E-state index in [2.05, 4.69) is 9.97 Å². The second-order valence-corrected chi connectivity index (χ2v) is 6.01. The molecule has 0 saturated heterocycles. The maximum absolute atomic E-state index is 12.5. The molecule has 3 rings (SSSR count). The van der Waals surface area contributed by atoms with Crippen LogP contribution < -0.4 is 5.56 Å². The second kappa shape index (κ2) is 7.53. The molecule has 0 bridgehead atoms. The van der Waals surface area contributed by atoms with Gasteiger partial charge < -0.3 is 19.4 Å². The van der Waals surface area contributed by atoms with Gasteiger partial charge in [0, 0.05) is 43.0 Å². The van der Waals surface area contributed by atoms with Crippen LogP contribution >= 0.6 is 0 Å². The van der Waals surface area contributed by atoms with E-state index in [-0.39, 0.29) is 30.4 Å². The molecule has 0 aliphatic rings. The number of hydrogen-bond acceptors (Lipinski definition) is 5. The molecule has 1 unspecified atom stereocenters. The van der Waals surface area contributed by atoms with Gasteiger partial charge in [-0.25, -0.2) is 4.79 Å². The van der Waals surface area contributed by atoms with Gasteiger partial charge >= 0.3 is 5.97 Å². The number of aromatic amines is 1. The molecule has 3 aromatic heterocycles. The van der Waals surface area contributed by atoms with Crippen LogP contribution in [0.25, 0.3) is 10.9 Å². The first kappa shape index (κ1) is 17.9. The second-order valence-electron chi connectivity index (χ2n) is 6.01. The van der Waals surface area contributed by atoms with Crippen LogP contribution in [0.3, 0.4) is 0 Å². The van der Waals surface area contributed by atoms with Gasteiger partial charge in [-0.3, -0.25) is 9.78 Å². The van der Waals surface area contributed by atoms with Crippen molar-refractivity contribution in [3.63, 3.8) is 0 Å². The van der Waals surface area contributed by atoms with Gasteiger partial charge in [0.05, 0.1) is 6.61 Å². The minimum atomic E-state index is -0.506. The summed E-state index contributed by atoms with van der Waals surface area (Å²) in [7, 11) is 1.66. The van der Waals surface area contributed by atoms with E-state index < -0.39 is 5.97 Å². The number of aliphatic hydroxyl groups is 1. The average Bonchev–Trinajstić information content (AvgIpc) is 3.10. The number of esters is 1. The lowest BCUT2D eigenvalue weighted by Crippen LogP contribution is -2.19. The highest BCUT2D eigenvalue weighted by atomic mass is 16.5. The number of fused-ring (bicyclic) bond motifs is 1. The van der Waals surface area contributed by atoms with Gasteiger partial charge in [-0.05, 0) is 37.1 Å². The van der Waals surface area contributed by atoms with Crippen molar-refractivity contribution in [2.24, 2.45) is 7.05 Å². The minimum Gasteiger partial charge on any atom is -0.461 e. The van der Waals surface area contributed by atoms with Crippen LogP contribution in [0.5, 0.6) is 0 Å². The molecule has 2 N–H and O–H groups in total. The Labute approximate surface area is 150 Å². The minimum absolute atomic E-state index is 0.0271. The lowest BCUT2D eigenvalue weighted by molar-refractivity contribution is 0.0520. The van der Waals surface area contributed by atoms with E-state index in [1.54, 1.807) is 32.4 Å². The molecular formula is C19H21N3O4. The van der Waals surface area contributed by atoms with Gasteiger partial charge in [0.1, 0.15) is 11.2 Å². The highest BCUT2D eigenvalue weighted by molar-refractivity contribution is 5.95. The smallest absolute Gasteiger partial charge is 0.354 e. The van der Waals surface area contributed by atoms with E-state index in [0.717, 1.165) is 11.3 Å². The quantitative estimate of drug-likeness (QED) is 0.659. The molecule has 136 valence electrons. The molecule has 7 heteroatoms. The van der Waals surface area contributed by atoms with Crippen molar-refractivity contribution in [3.8, 4) is 0 Å². The molecule has 0 saturated carbocycles. The van der Waals surface area contributed by atoms with Crippen molar-refractivity contribution in [3.05, 3.63) is 64.0 Å². The Morgan fingerprint density at radius 3 is 2.88 bits per heavy atom. The fourth-order valence-corrected chi connectivity index (χ4v) is 3.13. The Balaban J connectivity index is 2.22. The van der Waals surface area contributed by atoms with Gasteiger partial charge in [-0.2, -0.15) is 0 Å². The predicted octanol–water partition coefficient (Wildman–Crippen LogP) is 1.95. The molecule has 7 nitrogen and oxygen atoms in total. The fraction of sp³-hybridized carbons (Fsp3) is 0.316. The summed E-state index contributed by atoms with van der Waals surface area (Å²) in [6, 6.07) is 7.23. The zero-order valence-corrected chi connectivity index (χ0v) is 14.7. The summed E-state index contributed by atoms with van der Waals surface area (Å²) in [5.41, 5.74) is 1.95. The zero-order chi connectivity index (χ0) is 18.7. The first-order chi connectivity index (χ1) is 12.6. The number of aliphatic hydroxyl groups excluding tert-OH is 1.